The lowest BCUT2D eigenvalue weighted by Crippen LogP contribution is -2.35. The van der Waals surface area contributed by atoms with Crippen LogP contribution in [0.15, 0.2) is 41.6 Å². The van der Waals surface area contributed by atoms with E-state index in [1.165, 1.54) is 10.9 Å². The number of pyridine rings is 1. The highest BCUT2D eigenvalue weighted by molar-refractivity contribution is 5.97. The molecule has 0 spiro atoms. The predicted molar refractivity (Wildman–Crippen MR) is 124 cm³/mol. The van der Waals surface area contributed by atoms with E-state index in [2.05, 4.69) is 9.97 Å². The van der Waals surface area contributed by atoms with E-state index < -0.39 is 18.0 Å². The van der Waals surface area contributed by atoms with Crippen molar-refractivity contribution in [2.45, 2.75) is 50.4 Å². The number of fused-ring (bicyclic) bond motifs is 3. The van der Waals surface area contributed by atoms with Gasteiger partial charge in [-0.05, 0) is 48.6 Å². The van der Waals surface area contributed by atoms with Crippen LogP contribution >= 0.6 is 0 Å². The van der Waals surface area contributed by atoms with Crippen LogP contribution in [-0.2, 0) is 12.6 Å². The maximum absolute atomic E-state index is 13.6. The van der Waals surface area contributed by atoms with Gasteiger partial charge in [-0.25, -0.2) is 4.98 Å². The summed E-state index contributed by atoms with van der Waals surface area (Å²) in [6.07, 6.45) is 4.87. The number of benzene rings is 1. The minimum atomic E-state index is -4.53. The molecule has 2 atom stereocenters. The number of anilines is 1. The Hall–Kier alpha value is -3.20. The van der Waals surface area contributed by atoms with Crippen molar-refractivity contribution in [3.63, 3.8) is 0 Å². The number of likely N-dealkylation sites (N-methyl/N-ethyl adjacent to an activating group) is 1. The van der Waals surface area contributed by atoms with Crippen molar-refractivity contribution in [3.8, 4) is 0 Å². The van der Waals surface area contributed by atoms with Crippen LogP contribution < -0.4 is 10.5 Å². The van der Waals surface area contributed by atoms with Gasteiger partial charge in [0.25, 0.3) is 5.56 Å². The average Bonchev–Trinajstić information content (AvgIpc) is 2.80. The molecule has 0 radical (unpaired) electrons. The first-order valence-electron chi connectivity index (χ1n) is 11.4. The maximum Gasteiger partial charge on any atom is 0.433 e. The fourth-order valence-electron chi connectivity index (χ4n) is 5.08. The molecule has 1 aromatic carbocycles. The van der Waals surface area contributed by atoms with Crippen LogP contribution in [0.1, 0.15) is 54.1 Å². The van der Waals surface area contributed by atoms with Crippen LogP contribution in [0, 0.1) is 0 Å². The van der Waals surface area contributed by atoms with Gasteiger partial charge in [0.2, 0.25) is 0 Å². The van der Waals surface area contributed by atoms with Crippen LogP contribution in [0.25, 0.3) is 17.0 Å². The van der Waals surface area contributed by atoms with E-state index in [1.54, 1.807) is 12.1 Å². The first-order valence-corrected chi connectivity index (χ1v) is 11.4. The fraction of sp³-hybridized carbons (Fsp3) is 0.400. The summed E-state index contributed by atoms with van der Waals surface area (Å²) in [6.45, 7) is 0.630. The number of hydrogen-bond acceptors (Lipinski definition) is 5. The number of halogens is 3. The molecule has 2 unspecified atom stereocenters. The highest BCUT2D eigenvalue weighted by Gasteiger charge is 2.32. The molecule has 1 fully saturated rings. The van der Waals surface area contributed by atoms with Crippen LogP contribution in [-0.4, -0.2) is 39.3 Å². The summed E-state index contributed by atoms with van der Waals surface area (Å²) in [5.41, 5.74) is 2.20. The van der Waals surface area contributed by atoms with Gasteiger partial charge in [-0.15, -0.1) is 0 Å². The zero-order valence-electron chi connectivity index (χ0n) is 18.7. The highest BCUT2D eigenvalue weighted by atomic mass is 19.4. The number of alkyl halides is 3. The number of aliphatic hydroxyl groups is 1. The Labute approximate surface area is 194 Å². The van der Waals surface area contributed by atoms with Crippen molar-refractivity contribution in [2.24, 2.45) is 0 Å². The maximum atomic E-state index is 13.6. The standard InChI is InChI=1S/C25H25F3N4O2/c1-31-10-4-5-17-16(11-15-8-9-29-21(12-15)25(26,27)28)13-18-22(23(17)31)30-14-32(24(18)34)19-6-2-3-7-20(19)33/h4-5,8-9,12-14,19-20,33H,2-3,6-7,10-11H2,1H3. The summed E-state index contributed by atoms with van der Waals surface area (Å²) in [5.74, 6) is 0. The van der Waals surface area contributed by atoms with Crippen molar-refractivity contribution < 1.29 is 18.3 Å². The third kappa shape index (κ3) is 3.98. The Kier molecular flexibility index (Phi) is 5.67. The average molecular weight is 470 g/mol. The fourth-order valence-corrected chi connectivity index (χ4v) is 5.08. The molecule has 2 aromatic heterocycles. The highest BCUT2D eigenvalue weighted by Crippen LogP contribution is 2.36. The summed E-state index contributed by atoms with van der Waals surface area (Å²) < 4.78 is 41.1. The van der Waals surface area contributed by atoms with Crippen LogP contribution in [0.4, 0.5) is 18.9 Å². The molecule has 1 saturated carbocycles. The monoisotopic (exact) mass is 470 g/mol. The lowest BCUT2D eigenvalue weighted by Gasteiger charge is -2.30. The second-order valence-electron chi connectivity index (χ2n) is 9.08. The summed E-state index contributed by atoms with van der Waals surface area (Å²) in [5, 5.41) is 10.9. The number of hydrogen-bond donors (Lipinski definition) is 1. The van der Waals surface area contributed by atoms with E-state index in [9.17, 15) is 23.1 Å². The zero-order valence-corrected chi connectivity index (χ0v) is 18.7. The van der Waals surface area contributed by atoms with E-state index in [4.69, 9.17) is 0 Å². The number of nitrogens with zero attached hydrogens (tertiary/aromatic N) is 4. The minimum absolute atomic E-state index is 0.211. The molecule has 3 aromatic rings. The summed E-state index contributed by atoms with van der Waals surface area (Å²) >= 11 is 0. The first-order chi connectivity index (χ1) is 16.2. The molecule has 0 amide bonds. The molecule has 3 heterocycles. The Morgan fingerprint density at radius 3 is 2.74 bits per heavy atom. The van der Waals surface area contributed by atoms with Crippen molar-refractivity contribution in [1.82, 2.24) is 14.5 Å². The lowest BCUT2D eigenvalue weighted by atomic mass is 9.91. The normalized spacial score (nSPS) is 20.6. The topological polar surface area (TPSA) is 71.2 Å². The van der Waals surface area contributed by atoms with Gasteiger partial charge in [-0.3, -0.25) is 14.3 Å². The van der Waals surface area contributed by atoms with Crippen molar-refractivity contribution in [3.05, 3.63) is 69.5 Å². The SMILES string of the molecule is CN1CC=Cc2c(Cc3ccnc(C(F)(F)F)c3)cc3c(=O)n(C4CCCCC4O)cnc3c21. The summed E-state index contributed by atoms with van der Waals surface area (Å²) in [7, 11) is 1.90. The van der Waals surface area contributed by atoms with Gasteiger partial charge >= 0.3 is 6.18 Å². The molecule has 1 aliphatic heterocycles. The molecule has 0 saturated heterocycles. The molecule has 2 aliphatic rings. The second kappa shape index (κ2) is 8.54. The van der Waals surface area contributed by atoms with Crippen molar-refractivity contribution in [1.29, 1.82) is 0 Å². The molecule has 178 valence electrons. The minimum Gasteiger partial charge on any atom is -0.391 e. The Morgan fingerprint density at radius 1 is 1.18 bits per heavy atom. The smallest absolute Gasteiger partial charge is 0.391 e. The lowest BCUT2D eigenvalue weighted by molar-refractivity contribution is -0.141. The largest absolute Gasteiger partial charge is 0.433 e. The molecule has 5 rings (SSSR count). The molecular formula is C25H25F3N4O2. The molecule has 1 aliphatic carbocycles. The van der Waals surface area contributed by atoms with Crippen molar-refractivity contribution in [2.75, 3.05) is 18.5 Å². The van der Waals surface area contributed by atoms with Gasteiger partial charge in [0, 0.05) is 25.4 Å². The number of rotatable bonds is 3. The Bertz CT molecular complexity index is 1330. The number of aliphatic hydroxyl groups excluding tert-OH is 1. The zero-order chi connectivity index (χ0) is 24.0. The van der Waals surface area contributed by atoms with Crippen LogP contribution in [0.3, 0.4) is 0 Å². The van der Waals surface area contributed by atoms with Gasteiger partial charge in [0.1, 0.15) is 11.2 Å². The molecular weight excluding hydrogens is 445 g/mol. The third-order valence-corrected chi connectivity index (χ3v) is 6.78. The van der Waals surface area contributed by atoms with Gasteiger partial charge in [-0.1, -0.05) is 25.0 Å². The number of aromatic nitrogens is 3. The molecule has 9 heteroatoms. The van der Waals surface area contributed by atoms with Crippen LogP contribution in [0.2, 0.25) is 0 Å². The van der Waals surface area contributed by atoms with E-state index in [0.717, 1.165) is 41.9 Å². The van der Waals surface area contributed by atoms with E-state index in [0.29, 0.717) is 35.9 Å². The van der Waals surface area contributed by atoms with Gasteiger partial charge in [-0.2, -0.15) is 13.2 Å². The molecule has 34 heavy (non-hydrogen) atoms. The van der Waals surface area contributed by atoms with Gasteiger partial charge in [0.05, 0.1) is 29.5 Å². The summed E-state index contributed by atoms with van der Waals surface area (Å²) in [6, 6.07) is 4.02. The molecule has 6 nitrogen and oxygen atoms in total. The third-order valence-electron chi connectivity index (χ3n) is 6.78. The predicted octanol–water partition coefficient (Wildman–Crippen LogP) is 4.34. The van der Waals surface area contributed by atoms with Crippen molar-refractivity contribution >= 4 is 22.7 Å². The van der Waals surface area contributed by atoms with E-state index >= 15 is 0 Å². The molecule has 0 bridgehead atoms. The first kappa shape index (κ1) is 22.6. The van der Waals surface area contributed by atoms with Crippen LogP contribution in [0.5, 0.6) is 0 Å². The Morgan fingerprint density at radius 2 is 1.97 bits per heavy atom. The second-order valence-corrected chi connectivity index (χ2v) is 9.08. The quantitative estimate of drug-likeness (QED) is 0.617. The van der Waals surface area contributed by atoms with E-state index in [-0.39, 0.29) is 18.0 Å². The van der Waals surface area contributed by atoms with E-state index in [1.807, 2.05) is 24.1 Å². The van der Waals surface area contributed by atoms with Gasteiger partial charge in [0.15, 0.2) is 0 Å². The Balaban J connectivity index is 1.67. The summed E-state index contributed by atoms with van der Waals surface area (Å²) in [4.78, 5) is 23.6. The van der Waals surface area contributed by atoms with Gasteiger partial charge < -0.3 is 10.0 Å². The molecule has 1 N–H and O–H groups in total.